The van der Waals surface area contributed by atoms with Gasteiger partial charge in [-0.2, -0.15) is 0 Å². The topological polar surface area (TPSA) is 44.8 Å². The first-order valence-electron chi connectivity index (χ1n) is 9.99. The Bertz CT molecular complexity index is 1020. The molecule has 148 valence electrons. The van der Waals surface area contributed by atoms with Gasteiger partial charge in [0.1, 0.15) is 30.5 Å². The van der Waals surface area contributed by atoms with Gasteiger partial charge in [-0.05, 0) is 37.8 Å². The number of esters is 1. The van der Waals surface area contributed by atoms with E-state index in [9.17, 15) is 4.79 Å². The van der Waals surface area contributed by atoms with E-state index in [0.717, 1.165) is 59.8 Å². The fourth-order valence-electron chi connectivity index (χ4n) is 3.84. The summed E-state index contributed by atoms with van der Waals surface area (Å²) in [6.07, 6.45) is 5.33. The van der Waals surface area contributed by atoms with Gasteiger partial charge in [-0.25, -0.2) is 4.79 Å². The lowest BCUT2D eigenvalue weighted by Crippen LogP contribution is -2.13. The Balaban J connectivity index is 1.73. The largest absolute Gasteiger partial charge is 0.489 e. The average molecular weight is 388 g/mol. The van der Waals surface area contributed by atoms with E-state index < -0.39 is 5.97 Å². The standard InChI is InChI=1S/C25H24O4/c1-2-23(26)27-16-17-28-24-19-12-6-8-14-21(19)25(22-15-9-7-13-20(22)24)29-18-10-4-3-5-11-18/h2-6,8,10-12,14H,1,7,9,13,15-17H2. The molecule has 4 rings (SSSR count). The van der Waals surface area contributed by atoms with Crippen LogP contribution in [0.2, 0.25) is 0 Å². The molecule has 0 spiro atoms. The Kier molecular flexibility index (Phi) is 5.80. The lowest BCUT2D eigenvalue weighted by atomic mass is 9.87. The van der Waals surface area contributed by atoms with Crippen molar-refractivity contribution in [2.75, 3.05) is 13.2 Å². The molecule has 1 aliphatic rings. The first kappa shape index (κ1) is 19.1. The van der Waals surface area contributed by atoms with Gasteiger partial charge in [-0.3, -0.25) is 0 Å². The summed E-state index contributed by atoms with van der Waals surface area (Å²) in [5.41, 5.74) is 2.42. The van der Waals surface area contributed by atoms with Crippen LogP contribution in [0.25, 0.3) is 10.8 Å². The van der Waals surface area contributed by atoms with Crippen LogP contribution in [0.1, 0.15) is 24.0 Å². The molecule has 0 heterocycles. The Morgan fingerprint density at radius 1 is 0.862 bits per heavy atom. The molecule has 0 amide bonds. The molecule has 0 atom stereocenters. The minimum absolute atomic E-state index is 0.191. The highest BCUT2D eigenvalue weighted by atomic mass is 16.6. The minimum Gasteiger partial charge on any atom is -0.489 e. The van der Waals surface area contributed by atoms with Crippen molar-refractivity contribution in [3.63, 3.8) is 0 Å². The van der Waals surface area contributed by atoms with E-state index in [1.807, 2.05) is 42.5 Å². The molecule has 3 aromatic rings. The molecule has 0 N–H and O–H groups in total. The van der Waals surface area contributed by atoms with Crippen molar-refractivity contribution in [1.82, 2.24) is 0 Å². The summed E-state index contributed by atoms with van der Waals surface area (Å²) in [5, 5.41) is 2.06. The third-order valence-electron chi connectivity index (χ3n) is 5.14. The summed E-state index contributed by atoms with van der Waals surface area (Å²) in [5.74, 6) is 2.19. The normalized spacial score (nSPS) is 12.8. The molecule has 1 aliphatic carbocycles. The van der Waals surface area contributed by atoms with Crippen molar-refractivity contribution in [2.24, 2.45) is 0 Å². The van der Waals surface area contributed by atoms with Crippen LogP contribution in [0.15, 0.2) is 67.3 Å². The molecule has 0 saturated carbocycles. The molecule has 0 saturated heterocycles. The molecule has 0 unspecified atom stereocenters. The number of hydrogen-bond acceptors (Lipinski definition) is 4. The molecule has 4 nitrogen and oxygen atoms in total. The quantitative estimate of drug-likeness (QED) is 0.299. The number of rotatable bonds is 7. The van der Waals surface area contributed by atoms with Crippen LogP contribution in [0.3, 0.4) is 0 Å². The van der Waals surface area contributed by atoms with Gasteiger partial charge in [0.25, 0.3) is 0 Å². The molecule has 4 heteroatoms. The van der Waals surface area contributed by atoms with Gasteiger partial charge in [0.15, 0.2) is 0 Å². The van der Waals surface area contributed by atoms with Gasteiger partial charge < -0.3 is 14.2 Å². The first-order valence-corrected chi connectivity index (χ1v) is 9.99. The van der Waals surface area contributed by atoms with E-state index in [4.69, 9.17) is 14.2 Å². The van der Waals surface area contributed by atoms with Crippen molar-refractivity contribution < 1.29 is 19.0 Å². The van der Waals surface area contributed by atoms with E-state index in [2.05, 4.69) is 18.7 Å². The molecule has 0 aromatic heterocycles. The zero-order valence-corrected chi connectivity index (χ0v) is 16.4. The summed E-state index contributed by atoms with van der Waals surface area (Å²) < 4.78 is 17.6. The highest BCUT2D eigenvalue weighted by Gasteiger charge is 2.24. The highest BCUT2D eigenvalue weighted by Crippen LogP contribution is 2.45. The van der Waals surface area contributed by atoms with Crippen molar-refractivity contribution >= 4 is 16.7 Å². The van der Waals surface area contributed by atoms with Crippen LogP contribution < -0.4 is 9.47 Å². The van der Waals surface area contributed by atoms with Crippen molar-refractivity contribution in [3.8, 4) is 17.2 Å². The third-order valence-corrected chi connectivity index (χ3v) is 5.14. The van der Waals surface area contributed by atoms with Crippen LogP contribution in [-0.4, -0.2) is 19.2 Å². The van der Waals surface area contributed by atoms with Crippen molar-refractivity contribution in [2.45, 2.75) is 25.7 Å². The number of carbonyl (C=O) groups excluding carboxylic acids is 1. The number of carbonyl (C=O) groups is 1. The van der Waals surface area contributed by atoms with Crippen molar-refractivity contribution in [3.05, 3.63) is 78.4 Å². The number of hydrogen-bond donors (Lipinski definition) is 0. The smallest absolute Gasteiger partial charge is 0.330 e. The summed E-state index contributed by atoms with van der Waals surface area (Å²) >= 11 is 0. The Morgan fingerprint density at radius 2 is 1.48 bits per heavy atom. The Hall–Kier alpha value is -3.27. The summed E-state index contributed by atoms with van der Waals surface area (Å²) in [6, 6.07) is 18.1. The molecule has 29 heavy (non-hydrogen) atoms. The molecular formula is C25H24O4. The lowest BCUT2D eigenvalue weighted by Gasteiger charge is -2.25. The fraction of sp³-hybridized carbons (Fsp3) is 0.240. The van der Waals surface area contributed by atoms with E-state index in [0.29, 0.717) is 6.61 Å². The summed E-state index contributed by atoms with van der Waals surface area (Å²) in [4.78, 5) is 11.3. The highest BCUT2D eigenvalue weighted by molar-refractivity contribution is 5.96. The Morgan fingerprint density at radius 3 is 2.17 bits per heavy atom. The second-order valence-electron chi connectivity index (χ2n) is 7.00. The molecule has 0 radical (unpaired) electrons. The molecule has 0 fully saturated rings. The van der Waals surface area contributed by atoms with E-state index >= 15 is 0 Å². The monoisotopic (exact) mass is 388 g/mol. The maximum absolute atomic E-state index is 11.3. The second kappa shape index (κ2) is 8.82. The number of fused-ring (bicyclic) bond motifs is 2. The van der Waals surface area contributed by atoms with Crippen LogP contribution in [0, 0.1) is 0 Å². The zero-order chi connectivity index (χ0) is 20.1. The van der Waals surface area contributed by atoms with Crippen LogP contribution in [0.4, 0.5) is 0 Å². The molecular weight excluding hydrogens is 364 g/mol. The minimum atomic E-state index is -0.438. The molecule has 0 bridgehead atoms. The maximum Gasteiger partial charge on any atom is 0.330 e. The first-order chi connectivity index (χ1) is 14.3. The number of benzene rings is 3. The van der Waals surface area contributed by atoms with Crippen molar-refractivity contribution in [1.29, 1.82) is 0 Å². The number of ether oxygens (including phenoxy) is 3. The van der Waals surface area contributed by atoms with Gasteiger partial charge in [0.2, 0.25) is 0 Å². The van der Waals surface area contributed by atoms with Crippen LogP contribution in [0.5, 0.6) is 17.2 Å². The average Bonchev–Trinajstić information content (AvgIpc) is 2.78. The van der Waals surface area contributed by atoms with Crippen LogP contribution >= 0.6 is 0 Å². The van der Waals surface area contributed by atoms with E-state index in [1.54, 1.807) is 0 Å². The van der Waals surface area contributed by atoms with Gasteiger partial charge in [0.05, 0.1) is 0 Å². The van der Waals surface area contributed by atoms with Gasteiger partial charge in [-0.15, -0.1) is 0 Å². The Labute approximate surface area is 170 Å². The van der Waals surface area contributed by atoms with Crippen LogP contribution in [-0.2, 0) is 22.4 Å². The zero-order valence-electron chi connectivity index (χ0n) is 16.4. The third kappa shape index (κ3) is 4.11. The predicted octanol–water partition coefficient (Wildman–Crippen LogP) is 5.62. The summed E-state index contributed by atoms with van der Waals surface area (Å²) in [7, 11) is 0. The second-order valence-corrected chi connectivity index (χ2v) is 7.00. The van der Waals surface area contributed by atoms with Gasteiger partial charge >= 0.3 is 5.97 Å². The SMILES string of the molecule is C=CC(=O)OCCOc1c2c(c(Oc3ccccc3)c3ccccc13)CCCC2. The maximum atomic E-state index is 11.3. The lowest BCUT2D eigenvalue weighted by molar-refractivity contribution is -0.138. The predicted molar refractivity (Wildman–Crippen MR) is 114 cm³/mol. The van der Waals surface area contributed by atoms with E-state index in [1.165, 1.54) is 11.1 Å². The van der Waals surface area contributed by atoms with E-state index in [-0.39, 0.29) is 6.61 Å². The fourth-order valence-corrected chi connectivity index (χ4v) is 3.84. The summed E-state index contributed by atoms with van der Waals surface area (Å²) in [6.45, 7) is 3.90. The molecule has 0 aliphatic heterocycles. The molecule has 3 aromatic carbocycles. The van der Waals surface area contributed by atoms with Gasteiger partial charge in [-0.1, -0.05) is 49.0 Å². The van der Waals surface area contributed by atoms with Gasteiger partial charge in [0, 0.05) is 28.0 Å². The number of para-hydroxylation sites is 1.